The van der Waals surface area contributed by atoms with E-state index in [0.29, 0.717) is 0 Å². The Morgan fingerprint density at radius 2 is 0.806 bits per heavy atom. The molecule has 4 aliphatic rings. The molecule has 0 N–H and O–H groups in total. The van der Waals surface area contributed by atoms with E-state index in [4.69, 9.17) is 46.4 Å². The summed E-state index contributed by atoms with van der Waals surface area (Å²) in [7, 11) is 0. The maximum absolute atomic E-state index is 13.6. The van der Waals surface area contributed by atoms with E-state index in [1.165, 1.54) is 0 Å². The largest absolute Gasteiger partial charge is 0.273 e. The van der Waals surface area contributed by atoms with Gasteiger partial charge in [-0.15, -0.1) is 0 Å². The van der Waals surface area contributed by atoms with Crippen LogP contribution in [0.2, 0.25) is 20.1 Å². The number of piperidine rings is 2. The van der Waals surface area contributed by atoms with Crippen molar-refractivity contribution in [2.75, 3.05) is 9.80 Å². The standard InChI is InChI=1S/C26H16Cl4N2O4/c27-15-3-1-5-17(21(15)29)31-23(33)11-7-9-13-20-14(10-8-12(19(11)20)24(31)34)26(36)32(25(13)35)18-6-2-4-16(28)22(18)30/h1-14,19-20H/t11-,12-,13-,14-,19?,20?/m0/s1. The predicted octanol–water partition coefficient (Wildman–Crippen LogP) is 5.58. The summed E-state index contributed by atoms with van der Waals surface area (Å²) in [6, 6.07) is 9.50. The first-order chi connectivity index (χ1) is 17.2. The fourth-order valence-electron chi connectivity index (χ4n) is 6.00. The van der Waals surface area contributed by atoms with Gasteiger partial charge in [0.05, 0.1) is 55.1 Å². The van der Waals surface area contributed by atoms with Gasteiger partial charge in [0.25, 0.3) is 0 Å². The molecule has 2 aromatic rings. The van der Waals surface area contributed by atoms with Crippen LogP contribution in [-0.4, -0.2) is 23.6 Å². The van der Waals surface area contributed by atoms with Gasteiger partial charge in [-0.25, -0.2) is 9.80 Å². The monoisotopic (exact) mass is 560 g/mol. The molecular weight excluding hydrogens is 546 g/mol. The molecule has 0 spiro atoms. The maximum atomic E-state index is 13.6. The third-order valence-corrected chi connectivity index (χ3v) is 9.14. The smallest absolute Gasteiger partial charge is 0.241 e. The highest BCUT2D eigenvalue weighted by molar-refractivity contribution is 6.45. The van der Waals surface area contributed by atoms with Crippen LogP contribution in [0, 0.1) is 35.5 Å². The molecule has 0 bridgehead atoms. The number of anilines is 2. The van der Waals surface area contributed by atoms with Crippen LogP contribution in [0.15, 0.2) is 60.7 Å². The lowest BCUT2D eigenvalue weighted by molar-refractivity contribution is -0.148. The Hall–Kier alpha value is -2.64. The molecule has 6 rings (SSSR count). The van der Waals surface area contributed by atoms with Gasteiger partial charge < -0.3 is 0 Å². The number of benzene rings is 2. The number of amides is 4. The molecule has 6 nitrogen and oxygen atoms in total. The van der Waals surface area contributed by atoms with Crippen molar-refractivity contribution >= 4 is 81.4 Å². The van der Waals surface area contributed by atoms with Crippen molar-refractivity contribution in [3.05, 3.63) is 80.8 Å². The fourth-order valence-corrected chi connectivity index (χ4v) is 6.76. The Morgan fingerprint density at radius 3 is 1.11 bits per heavy atom. The van der Waals surface area contributed by atoms with E-state index >= 15 is 0 Å². The van der Waals surface area contributed by atoms with Gasteiger partial charge >= 0.3 is 0 Å². The number of nitrogens with zero attached hydrogens (tertiary/aromatic N) is 2. The Labute approximate surface area is 226 Å². The number of carbonyl (C=O) groups is 4. The molecule has 2 fully saturated rings. The maximum Gasteiger partial charge on any atom is 0.241 e. The van der Waals surface area contributed by atoms with E-state index < -0.39 is 59.1 Å². The van der Waals surface area contributed by atoms with Crippen LogP contribution in [0.5, 0.6) is 0 Å². The second-order valence-corrected chi connectivity index (χ2v) is 10.8. The van der Waals surface area contributed by atoms with Gasteiger partial charge in [-0.3, -0.25) is 19.2 Å². The van der Waals surface area contributed by atoms with E-state index in [1.54, 1.807) is 60.7 Å². The van der Waals surface area contributed by atoms with E-state index in [9.17, 15) is 19.2 Å². The summed E-state index contributed by atoms with van der Waals surface area (Å²) in [6.07, 6.45) is 6.67. The lowest BCUT2D eigenvalue weighted by atomic mass is 9.55. The highest BCUT2D eigenvalue weighted by Crippen LogP contribution is 2.54. The summed E-state index contributed by atoms with van der Waals surface area (Å²) in [5.74, 6) is -5.79. The third kappa shape index (κ3) is 3.18. The first-order valence-electron chi connectivity index (χ1n) is 11.2. The van der Waals surface area contributed by atoms with Gasteiger partial charge in [0, 0.05) is 0 Å². The number of carbonyl (C=O) groups excluding carboxylic acids is 4. The van der Waals surface area contributed by atoms with Gasteiger partial charge in [-0.2, -0.15) is 0 Å². The third-order valence-electron chi connectivity index (χ3n) is 7.52. The van der Waals surface area contributed by atoms with E-state index in [1.807, 2.05) is 0 Å². The van der Waals surface area contributed by atoms with Gasteiger partial charge in [0.2, 0.25) is 23.6 Å². The predicted molar refractivity (Wildman–Crippen MR) is 137 cm³/mol. The van der Waals surface area contributed by atoms with Crippen molar-refractivity contribution in [3.8, 4) is 0 Å². The van der Waals surface area contributed by atoms with Crippen LogP contribution in [-0.2, 0) is 19.2 Å². The molecule has 36 heavy (non-hydrogen) atoms. The number of rotatable bonds is 2. The lowest BCUT2D eigenvalue weighted by Gasteiger charge is -2.53. The summed E-state index contributed by atoms with van der Waals surface area (Å²) >= 11 is 25.0. The Bertz CT molecular complexity index is 1280. The summed E-state index contributed by atoms with van der Waals surface area (Å²) in [6.45, 7) is 0. The summed E-state index contributed by atoms with van der Waals surface area (Å²) in [5, 5.41) is 0.649. The van der Waals surface area contributed by atoms with E-state index in [2.05, 4.69) is 0 Å². The molecule has 4 atom stereocenters. The molecule has 0 saturated carbocycles. The SMILES string of the molecule is O=C1[C@H]2C=C[C@@H]3C(=O)N(c4cccc(Cl)c4Cl)C(=O)[C@H]4C=C[C@H](C(=O)N1c1cccc(Cl)c1Cl)C2C34. The minimum Gasteiger partial charge on any atom is -0.273 e. The van der Waals surface area contributed by atoms with Crippen molar-refractivity contribution in [1.29, 1.82) is 0 Å². The van der Waals surface area contributed by atoms with Crippen molar-refractivity contribution in [2.45, 2.75) is 0 Å². The van der Waals surface area contributed by atoms with Crippen molar-refractivity contribution in [1.82, 2.24) is 0 Å². The zero-order valence-electron chi connectivity index (χ0n) is 18.3. The summed E-state index contributed by atoms with van der Waals surface area (Å²) < 4.78 is 0. The van der Waals surface area contributed by atoms with Crippen LogP contribution in [0.1, 0.15) is 0 Å². The molecule has 0 radical (unpaired) electrons. The van der Waals surface area contributed by atoms with Crippen molar-refractivity contribution in [2.24, 2.45) is 35.5 Å². The van der Waals surface area contributed by atoms with Gasteiger partial charge in [-0.1, -0.05) is 82.8 Å². The number of halogens is 4. The second-order valence-electron chi connectivity index (χ2n) is 9.20. The Kier molecular flexibility index (Phi) is 5.57. The summed E-state index contributed by atoms with van der Waals surface area (Å²) in [5.41, 5.74) is 0.419. The Morgan fingerprint density at radius 1 is 0.500 bits per heavy atom. The van der Waals surface area contributed by atoms with Gasteiger partial charge in [0.15, 0.2) is 0 Å². The van der Waals surface area contributed by atoms with Crippen LogP contribution < -0.4 is 9.80 Å². The molecule has 0 unspecified atom stereocenters. The topological polar surface area (TPSA) is 74.8 Å². The van der Waals surface area contributed by atoms with Crippen LogP contribution in [0.4, 0.5) is 11.4 Å². The average Bonchev–Trinajstić information content (AvgIpc) is 2.86. The highest BCUT2D eigenvalue weighted by Gasteiger charge is 2.61. The molecule has 2 saturated heterocycles. The minimum absolute atomic E-state index is 0.103. The lowest BCUT2D eigenvalue weighted by Crippen LogP contribution is -2.64. The summed E-state index contributed by atoms with van der Waals surface area (Å²) in [4.78, 5) is 56.7. The van der Waals surface area contributed by atoms with Crippen LogP contribution >= 0.6 is 46.4 Å². The molecule has 10 heteroatoms. The number of hydrogen-bond donors (Lipinski definition) is 0. The van der Waals surface area contributed by atoms with Gasteiger partial charge in [0.1, 0.15) is 0 Å². The Balaban J connectivity index is 1.45. The van der Waals surface area contributed by atoms with E-state index in [0.717, 1.165) is 9.80 Å². The van der Waals surface area contributed by atoms with Crippen molar-refractivity contribution < 1.29 is 19.2 Å². The second kappa shape index (κ2) is 8.45. The first kappa shape index (κ1) is 23.7. The average molecular weight is 562 g/mol. The fraction of sp³-hybridized carbons (Fsp3) is 0.231. The first-order valence-corrected chi connectivity index (χ1v) is 12.7. The van der Waals surface area contributed by atoms with Crippen LogP contribution in [0.3, 0.4) is 0 Å². The zero-order chi connectivity index (χ0) is 25.5. The zero-order valence-corrected chi connectivity index (χ0v) is 21.3. The molecular formula is C26H16Cl4N2O4. The molecule has 2 aliphatic carbocycles. The normalized spacial score (nSPS) is 30.7. The number of hydrogen-bond acceptors (Lipinski definition) is 4. The van der Waals surface area contributed by atoms with E-state index in [-0.39, 0.29) is 31.5 Å². The molecule has 2 aromatic carbocycles. The quantitative estimate of drug-likeness (QED) is 0.354. The molecule has 0 aromatic heterocycles. The minimum atomic E-state index is -0.710. The van der Waals surface area contributed by atoms with Gasteiger partial charge in [-0.05, 0) is 36.1 Å². The number of imide groups is 2. The molecule has 182 valence electrons. The molecule has 4 amide bonds. The van der Waals surface area contributed by atoms with Crippen molar-refractivity contribution in [3.63, 3.8) is 0 Å². The highest BCUT2D eigenvalue weighted by atomic mass is 35.5. The van der Waals surface area contributed by atoms with Crippen LogP contribution in [0.25, 0.3) is 0 Å². The molecule has 2 aliphatic heterocycles. The molecule has 2 heterocycles.